The van der Waals surface area contributed by atoms with Crippen molar-refractivity contribution in [2.75, 3.05) is 13.2 Å². The number of terminal acetylenes is 1. The second-order valence-electron chi connectivity index (χ2n) is 3.34. The van der Waals surface area contributed by atoms with Crippen LogP contribution in [0.3, 0.4) is 0 Å². The maximum Gasteiger partial charge on any atom is 0.224 e. The average Bonchev–Trinajstić information content (AvgIpc) is 2.50. The second-order valence-corrected chi connectivity index (χ2v) is 3.34. The molecule has 1 atom stereocenters. The molecule has 1 rings (SSSR count). The van der Waals surface area contributed by atoms with Crippen LogP contribution in [-0.2, 0) is 9.53 Å². The number of rotatable bonds is 5. The van der Waals surface area contributed by atoms with E-state index in [9.17, 15) is 4.79 Å². The third-order valence-corrected chi connectivity index (χ3v) is 2.35. The molecule has 78 valence electrons. The lowest BCUT2D eigenvalue weighted by atomic mass is 10.3. The van der Waals surface area contributed by atoms with E-state index in [0.29, 0.717) is 13.0 Å². The molecule has 1 fully saturated rings. The van der Waals surface area contributed by atoms with Gasteiger partial charge in [-0.15, -0.1) is 12.3 Å². The topological polar surface area (TPSA) is 29.5 Å². The highest BCUT2D eigenvalue weighted by Gasteiger charge is 2.30. The number of amides is 1. The minimum absolute atomic E-state index is 0.00901. The molecule has 1 heterocycles. The van der Waals surface area contributed by atoms with E-state index in [2.05, 4.69) is 5.92 Å². The maximum absolute atomic E-state index is 11.4. The molecule has 1 aliphatic heterocycles. The van der Waals surface area contributed by atoms with Crippen molar-refractivity contribution >= 4 is 5.91 Å². The van der Waals surface area contributed by atoms with Gasteiger partial charge in [0.05, 0.1) is 0 Å². The Morgan fingerprint density at radius 1 is 1.71 bits per heavy atom. The van der Waals surface area contributed by atoms with Crippen LogP contribution in [0.25, 0.3) is 0 Å². The number of nitrogens with zero attached hydrogens (tertiary/aromatic N) is 1. The zero-order valence-electron chi connectivity index (χ0n) is 8.66. The lowest BCUT2D eigenvalue weighted by Gasteiger charge is -2.23. The van der Waals surface area contributed by atoms with Crippen molar-refractivity contribution in [1.82, 2.24) is 4.90 Å². The van der Waals surface area contributed by atoms with Crippen LogP contribution >= 0.6 is 0 Å². The normalized spacial score (nSPS) is 21.3. The van der Waals surface area contributed by atoms with Gasteiger partial charge in [0.15, 0.2) is 0 Å². The molecule has 0 N–H and O–H groups in total. The van der Waals surface area contributed by atoms with Gasteiger partial charge in [0.25, 0.3) is 0 Å². The lowest BCUT2D eigenvalue weighted by molar-refractivity contribution is -0.136. The van der Waals surface area contributed by atoms with Crippen molar-refractivity contribution in [2.24, 2.45) is 0 Å². The Balaban J connectivity index is 2.37. The van der Waals surface area contributed by atoms with Crippen molar-refractivity contribution < 1.29 is 9.53 Å². The Bertz CT molecular complexity index is 232. The third-order valence-electron chi connectivity index (χ3n) is 2.35. The van der Waals surface area contributed by atoms with Crippen LogP contribution in [0.1, 0.15) is 32.6 Å². The van der Waals surface area contributed by atoms with Gasteiger partial charge in [-0.25, -0.2) is 0 Å². The molecule has 0 spiro atoms. The van der Waals surface area contributed by atoms with Gasteiger partial charge in [0.2, 0.25) is 5.91 Å². The van der Waals surface area contributed by atoms with Crippen molar-refractivity contribution in [3.8, 4) is 12.3 Å². The molecule has 3 heteroatoms. The Labute approximate surface area is 85.4 Å². The molecule has 0 aromatic carbocycles. The van der Waals surface area contributed by atoms with Gasteiger partial charge < -0.3 is 9.64 Å². The van der Waals surface area contributed by atoms with Crippen LogP contribution in [-0.4, -0.2) is 30.2 Å². The molecule has 0 radical (unpaired) electrons. The van der Waals surface area contributed by atoms with Crippen LogP contribution in [0.4, 0.5) is 0 Å². The molecule has 1 unspecified atom stereocenters. The van der Waals surface area contributed by atoms with E-state index in [1.165, 1.54) is 0 Å². The predicted molar refractivity (Wildman–Crippen MR) is 54.4 cm³/mol. The molecule has 1 amide bonds. The summed E-state index contributed by atoms with van der Waals surface area (Å²) in [6, 6.07) is 0. The summed E-state index contributed by atoms with van der Waals surface area (Å²) in [6.07, 6.45) is 8.17. The molecule has 0 aliphatic carbocycles. The first-order valence-electron chi connectivity index (χ1n) is 5.14. The Morgan fingerprint density at radius 3 is 3.14 bits per heavy atom. The number of carbonyl (C=O) groups excluding carboxylic acids is 1. The quantitative estimate of drug-likeness (QED) is 0.490. The highest BCUT2D eigenvalue weighted by atomic mass is 16.5. The van der Waals surface area contributed by atoms with E-state index in [1.807, 2.05) is 6.92 Å². The van der Waals surface area contributed by atoms with Crippen molar-refractivity contribution in [3.63, 3.8) is 0 Å². The van der Waals surface area contributed by atoms with E-state index in [4.69, 9.17) is 11.2 Å². The minimum Gasteiger partial charge on any atom is -0.359 e. The molecule has 1 saturated heterocycles. The maximum atomic E-state index is 11.4. The van der Waals surface area contributed by atoms with Crippen molar-refractivity contribution in [3.05, 3.63) is 0 Å². The lowest BCUT2D eigenvalue weighted by Crippen LogP contribution is -2.35. The highest BCUT2D eigenvalue weighted by Crippen LogP contribution is 2.19. The van der Waals surface area contributed by atoms with Gasteiger partial charge in [-0.3, -0.25) is 4.79 Å². The highest BCUT2D eigenvalue weighted by molar-refractivity contribution is 5.78. The number of unbranched alkanes of at least 4 members (excludes halogenated alkanes) is 1. The first-order chi connectivity index (χ1) is 6.79. The van der Waals surface area contributed by atoms with E-state index < -0.39 is 0 Å². The van der Waals surface area contributed by atoms with Gasteiger partial charge >= 0.3 is 0 Å². The fraction of sp³-hybridized carbons (Fsp3) is 0.727. The van der Waals surface area contributed by atoms with E-state index in [0.717, 1.165) is 25.8 Å². The van der Waals surface area contributed by atoms with Crippen LogP contribution in [0.2, 0.25) is 0 Å². The van der Waals surface area contributed by atoms with E-state index in [1.54, 1.807) is 4.90 Å². The summed E-state index contributed by atoms with van der Waals surface area (Å²) < 4.78 is 5.47. The molecule has 1 aliphatic rings. The SMILES string of the molecule is C#CCCCN1C(=O)CCC1OCC. The minimum atomic E-state index is -0.00901. The first kappa shape index (κ1) is 11.1. The zero-order chi connectivity index (χ0) is 10.4. The summed E-state index contributed by atoms with van der Waals surface area (Å²) >= 11 is 0. The molecular formula is C11H17NO2. The van der Waals surface area contributed by atoms with Gasteiger partial charge in [-0.1, -0.05) is 0 Å². The Hall–Kier alpha value is -1.01. The molecule has 0 bridgehead atoms. The summed E-state index contributed by atoms with van der Waals surface area (Å²) in [6.45, 7) is 3.33. The smallest absolute Gasteiger partial charge is 0.224 e. The molecule has 14 heavy (non-hydrogen) atoms. The van der Waals surface area contributed by atoms with Crippen LogP contribution in [0.15, 0.2) is 0 Å². The van der Waals surface area contributed by atoms with Crippen molar-refractivity contribution in [1.29, 1.82) is 0 Å². The summed E-state index contributed by atoms with van der Waals surface area (Å²) in [5, 5.41) is 0. The zero-order valence-corrected chi connectivity index (χ0v) is 8.66. The monoisotopic (exact) mass is 195 g/mol. The first-order valence-corrected chi connectivity index (χ1v) is 5.14. The average molecular weight is 195 g/mol. The van der Waals surface area contributed by atoms with Crippen molar-refractivity contribution in [2.45, 2.75) is 38.8 Å². The number of hydrogen-bond acceptors (Lipinski definition) is 2. The molecule has 0 aromatic rings. The summed E-state index contributed by atoms with van der Waals surface area (Å²) in [4.78, 5) is 13.3. The van der Waals surface area contributed by atoms with Gasteiger partial charge in [0.1, 0.15) is 6.23 Å². The van der Waals surface area contributed by atoms with Gasteiger partial charge in [-0.2, -0.15) is 0 Å². The number of ether oxygens (including phenoxy) is 1. The van der Waals surface area contributed by atoms with Crippen LogP contribution in [0, 0.1) is 12.3 Å². The molecule has 3 nitrogen and oxygen atoms in total. The summed E-state index contributed by atoms with van der Waals surface area (Å²) in [5.74, 6) is 2.77. The largest absolute Gasteiger partial charge is 0.359 e. The van der Waals surface area contributed by atoms with Crippen LogP contribution < -0.4 is 0 Å². The van der Waals surface area contributed by atoms with Crippen LogP contribution in [0.5, 0.6) is 0 Å². The molecule has 0 aromatic heterocycles. The van der Waals surface area contributed by atoms with Gasteiger partial charge in [0, 0.05) is 32.4 Å². The Morgan fingerprint density at radius 2 is 2.50 bits per heavy atom. The second kappa shape index (κ2) is 5.66. The number of carbonyl (C=O) groups is 1. The summed E-state index contributed by atoms with van der Waals surface area (Å²) in [7, 11) is 0. The molecule has 0 saturated carbocycles. The van der Waals surface area contributed by atoms with E-state index >= 15 is 0 Å². The van der Waals surface area contributed by atoms with E-state index in [-0.39, 0.29) is 12.1 Å². The molecular weight excluding hydrogens is 178 g/mol. The predicted octanol–water partition coefficient (Wildman–Crippen LogP) is 1.38. The summed E-state index contributed by atoms with van der Waals surface area (Å²) in [5.41, 5.74) is 0. The Kier molecular flexibility index (Phi) is 4.48. The third kappa shape index (κ3) is 2.74. The standard InChI is InChI=1S/C11H17NO2/c1-3-5-6-9-12-10(13)7-8-11(12)14-4-2/h1,11H,4-9H2,2H3. The van der Waals surface area contributed by atoms with Gasteiger partial charge in [-0.05, 0) is 13.3 Å². The number of likely N-dealkylation sites (tertiary alicyclic amines) is 1. The fourth-order valence-corrected chi connectivity index (χ4v) is 1.69. The number of hydrogen-bond donors (Lipinski definition) is 0. The fourth-order valence-electron chi connectivity index (χ4n) is 1.69.